The normalized spacial score (nSPS) is 14.9. The number of carbonyl (C=O) groups is 1. The Hall–Kier alpha value is -4.76. The number of halogens is 3. The van der Waals surface area contributed by atoms with E-state index in [4.69, 9.17) is 4.52 Å². The third-order valence-corrected chi connectivity index (χ3v) is 7.86. The van der Waals surface area contributed by atoms with Gasteiger partial charge in [0.05, 0.1) is 22.2 Å². The van der Waals surface area contributed by atoms with Gasteiger partial charge in [-0.15, -0.1) is 0 Å². The van der Waals surface area contributed by atoms with E-state index in [0.717, 1.165) is 28.8 Å². The molecule has 1 aliphatic carbocycles. The van der Waals surface area contributed by atoms with E-state index in [1.807, 2.05) is 48.5 Å². The standard InChI is InChI=1S/C33H25F3N2O4/c1-19-28(29(39)25-15-24(17-37-18-25)23-3-2-4-27(16-23)33(34,35)36)30(42-38-19)22-7-5-20(6-8-22)21-9-11-26(12-10-21)32(13-14-32)31(40)41/h2-12,15-18,29,39H,13-14H2,1H3,(H,40,41). The molecule has 3 aromatic carbocycles. The average molecular weight is 571 g/mol. The zero-order valence-corrected chi connectivity index (χ0v) is 22.4. The molecule has 0 saturated heterocycles. The van der Waals surface area contributed by atoms with Crippen LogP contribution in [0, 0.1) is 6.92 Å². The Morgan fingerprint density at radius 3 is 2.14 bits per heavy atom. The van der Waals surface area contributed by atoms with Crippen LogP contribution in [0.5, 0.6) is 0 Å². The second-order valence-corrected chi connectivity index (χ2v) is 10.5. The van der Waals surface area contributed by atoms with Gasteiger partial charge in [-0.05, 0) is 60.2 Å². The van der Waals surface area contributed by atoms with Crippen molar-refractivity contribution in [3.05, 3.63) is 119 Å². The number of aliphatic carboxylic acids is 1. The van der Waals surface area contributed by atoms with Crippen LogP contribution in [0.1, 0.15) is 46.9 Å². The lowest BCUT2D eigenvalue weighted by atomic mass is 9.93. The second-order valence-electron chi connectivity index (χ2n) is 10.5. The van der Waals surface area contributed by atoms with Crippen LogP contribution in [0.25, 0.3) is 33.6 Å². The molecular weight excluding hydrogens is 545 g/mol. The highest BCUT2D eigenvalue weighted by molar-refractivity contribution is 5.85. The molecule has 0 spiro atoms. The molecular formula is C33H25F3N2O4. The monoisotopic (exact) mass is 570 g/mol. The van der Waals surface area contributed by atoms with Crippen LogP contribution >= 0.6 is 0 Å². The number of hydrogen-bond acceptors (Lipinski definition) is 5. The van der Waals surface area contributed by atoms with Crippen molar-refractivity contribution in [2.24, 2.45) is 0 Å². The maximum absolute atomic E-state index is 13.2. The zero-order valence-electron chi connectivity index (χ0n) is 22.4. The van der Waals surface area contributed by atoms with Crippen LogP contribution in [0.15, 0.2) is 95.8 Å². The van der Waals surface area contributed by atoms with Gasteiger partial charge in [0.2, 0.25) is 0 Å². The predicted octanol–water partition coefficient (Wildman–Crippen LogP) is 7.60. The van der Waals surface area contributed by atoms with Crippen LogP contribution < -0.4 is 0 Å². The molecule has 42 heavy (non-hydrogen) atoms. The first-order valence-electron chi connectivity index (χ1n) is 13.3. The lowest BCUT2D eigenvalue weighted by Crippen LogP contribution is -2.19. The number of benzene rings is 3. The molecule has 1 fully saturated rings. The molecule has 0 aliphatic heterocycles. The summed E-state index contributed by atoms with van der Waals surface area (Å²) >= 11 is 0. The number of aliphatic hydroxyl groups excluding tert-OH is 1. The molecule has 6 rings (SSSR count). The van der Waals surface area contributed by atoms with Gasteiger partial charge in [-0.25, -0.2) is 0 Å². The summed E-state index contributed by atoms with van der Waals surface area (Å²) in [4.78, 5) is 15.8. The molecule has 2 aromatic heterocycles. The molecule has 9 heteroatoms. The van der Waals surface area contributed by atoms with Gasteiger partial charge in [0, 0.05) is 29.1 Å². The molecule has 0 amide bonds. The van der Waals surface area contributed by atoms with Crippen molar-refractivity contribution in [3.63, 3.8) is 0 Å². The lowest BCUT2D eigenvalue weighted by Gasteiger charge is -2.14. The van der Waals surface area contributed by atoms with E-state index in [1.54, 1.807) is 19.1 Å². The number of alkyl halides is 3. The molecule has 0 radical (unpaired) electrons. The number of nitrogens with zero attached hydrogens (tertiary/aromatic N) is 2. The van der Waals surface area contributed by atoms with Gasteiger partial charge in [0.15, 0.2) is 5.76 Å². The highest BCUT2D eigenvalue weighted by Gasteiger charge is 2.51. The van der Waals surface area contributed by atoms with E-state index in [-0.39, 0.29) is 0 Å². The smallest absolute Gasteiger partial charge is 0.416 e. The van der Waals surface area contributed by atoms with Crippen LogP contribution in [-0.4, -0.2) is 26.3 Å². The topological polar surface area (TPSA) is 96.5 Å². The number of aryl methyl sites for hydroxylation is 1. The summed E-state index contributed by atoms with van der Waals surface area (Å²) in [6, 6.07) is 21.6. The Labute approximate surface area is 239 Å². The molecule has 2 N–H and O–H groups in total. The quantitative estimate of drug-likeness (QED) is 0.209. The number of rotatable bonds is 7. The summed E-state index contributed by atoms with van der Waals surface area (Å²) in [5.74, 6) is -0.429. The molecule has 212 valence electrons. The highest BCUT2D eigenvalue weighted by Crippen LogP contribution is 2.48. The van der Waals surface area contributed by atoms with Crippen molar-refractivity contribution in [1.82, 2.24) is 10.1 Å². The van der Waals surface area contributed by atoms with E-state index in [0.29, 0.717) is 52.1 Å². The van der Waals surface area contributed by atoms with Crippen LogP contribution in [0.4, 0.5) is 13.2 Å². The van der Waals surface area contributed by atoms with Gasteiger partial charge in [0.1, 0.15) is 6.10 Å². The third-order valence-electron chi connectivity index (χ3n) is 7.86. The van der Waals surface area contributed by atoms with Gasteiger partial charge >= 0.3 is 12.1 Å². The molecule has 1 aliphatic rings. The Kier molecular flexibility index (Phi) is 6.69. The summed E-state index contributed by atoms with van der Waals surface area (Å²) in [6.45, 7) is 1.70. The molecule has 1 saturated carbocycles. The zero-order chi connectivity index (χ0) is 29.6. The fourth-order valence-corrected chi connectivity index (χ4v) is 5.26. The first-order valence-corrected chi connectivity index (χ1v) is 13.3. The number of pyridine rings is 1. The first kappa shape index (κ1) is 27.4. The fraction of sp³-hybridized carbons (Fsp3) is 0.182. The Bertz CT molecular complexity index is 1770. The molecule has 5 aromatic rings. The molecule has 2 heterocycles. The number of carboxylic acid groups (broad SMARTS) is 1. The lowest BCUT2D eigenvalue weighted by molar-refractivity contribution is -0.140. The van der Waals surface area contributed by atoms with E-state index < -0.39 is 29.2 Å². The predicted molar refractivity (Wildman–Crippen MR) is 149 cm³/mol. The Morgan fingerprint density at radius 1 is 0.881 bits per heavy atom. The van der Waals surface area contributed by atoms with Crippen molar-refractivity contribution in [2.75, 3.05) is 0 Å². The highest BCUT2D eigenvalue weighted by atomic mass is 19.4. The van der Waals surface area contributed by atoms with Gasteiger partial charge in [-0.3, -0.25) is 9.78 Å². The third kappa shape index (κ3) is 4.96. The number of aromatic nitrogens is 2. The van der Waals surface area contributed by atoms with Crippen molar-refractivity contribution >= 4 is 5.97 Å². The second kappa shape index (κ2) is 10.3. The Balaban J connectivity index is 1.27. The maximum atomic E-state index is 13.2. The first-order chi connectivity index (χ1) is 20.1. The summed E-state index contributed by atoms with van der Waals surface area (Å²) in [5.41, 5.74) is 3.83. The van der Waals surface area contributed by atoms with E-state index in [2.05, 4.69) is 10.1 Å². The molecule has 1 unspecified atom stereocenters. The minimum absolute atomic E-state index is 0.326. The fourth-order valence-electron chi connectivity index (χ4n) is 5.26. The van der Waals surface area contributed by atoms with Crippen molar-refractivity contribution in [3.8, 4) is 33.6 Å². The summed E-state index contributed by atoms with van der Waals surface area (Å²) < 4.78 is 45.3. The largest absolute Gasteiger partial charge is 0.481 e. The number of hydrogen-bond donors (Lipinski definition) is 2. The SMILES string of the molecule is Cc1noc(-c2ccc(-c3ccc(C4(C(=O)O)CC4)cc3)cc2)c1C(O)c1cncc(-c2cccc(C(F)(F)F)c2)c1. The van der Waals surface area contributed by atoms with Crippen molar-refractivity contribution < 1.29 is 32.7 Å². The van der Waals surface area contributed by atoms with Crippen LogP contribution in [0.2, 0.25) is 0 Å². The van der Waals surface area contributed by atoms with Gasteiger partial charge in [0.25, 0.3) is 0 Å². The number of carboxylic acids is 1. The van der Waals surface area contributed by atoms with Crippen molar-refractivity contribution in [1.29, 1.82) is 0 Å². The molecule has 0 bridgehead atoms. The maximum Gasteiger partial charge on any atom is 0.416 e. The molecule has 6 nitrogen and oxygen atoms in total. The Morgan fingerprint density at radius 2 is 1.52 bits per heavy atom. The van der Waals surface area contributed by atoms with Crippen molar-refractivity contribution in [2.45, 2.75) is 37.5 Å². The molecule has 1 atom stereocenters. The van der Waals surface area contributed by atoms with Gasteiger partial charge in [-0.2, -0.15) is 13.2 Å². The van der Waals surface area contributed by atoms with Gasteiger partial charge < -0.3 is 14.7 Å². The summed E-state index contributed by atoms with van der Waals surface area (Å²) in [6.07, 6.45) is -1.47. The minimum Gasteiger partial charge on any atom is -0.481 e. The average Bonchev–Trinajstić information content (AvgIpc) is 3.73. The summed E-state index contributed by atoms with van der Waals surface area (Å²) in [7, 11) is 0. The van der Waals surface area contributed by atoms with Crippen LogP contribution in [-0.2, 0) is 16.4 Å². The van der Waals surface area contributed by atoms with E-state index in [1.165, 1.54) is 18.5 Å². The number of aliphatic hydroxyl groups is 1. The van der Waals surface area contributed by atoms with E-state index >= 15 is 0 Å². The van der Waals surface area contributed by atoms with E-state index in [9.17, 15) is 28.2 Å². The van der Waals surface area contributed by atoms with Crippen LogP contribution in [0.3, 0.4) is 0 Å². The minimum atomic E-state index is -4.48. The summed E-state index contributed by atoms with van der Waals surface area (Å²) in [5, 5.41) is 25.0. The van der Waals surface area contributed by atoms with Gasteiger partial charge in [-0.1, -0.05) is 65.8 Å².